The SMILES string of the molecule is CC1CCN(C(=O)N2CCNCC2C)CC1. The number of likely N-dealkylation sites (tertiary alicyclic amines) is 1. The first-order valence-electron chi connectivity index (χ1n) is 6.44. The van der Waals surface area contributed by atoms with Crippen molar-refractivity contribution in [1.29, 1.82) is 0 Å². The minimum Gasteiger partial charge on any atom is -0.325 e. The van der Waals surface area contributed by atoms with Gasteiger partial charge in [-0.3, -0.25) is 0 Å². The fraction of sp³-hybridized carbons (Fsp3) is 0.917. The van der Waals surface area contributed by atoms with Crippen molar-refractivity contribution in [1.82, 2.24) is 15.1 Å². The van der Waals surface area contributed by atoms with Crippen LogP contribution in [0.25, 0.3) is 0 Å². The molecule has 2 saturated heterocycles. The summed E-state index contributed by atoms with van der Waals surface area (Å²) in [5.74, 6) is 0.782. The molecule has 0 aromatic carbocycles. The zero-order chi connectivity index (χ0) is 11.5. The van der Waals surface area contributed by atoms with E-state index in [-0.39, 0.29) is 6.03 Å². The number of nitrogens with zero attached hydrogens (tertiary/aromatic N) is 2. The second-order valence-corrected chi connectivity index (χ2v) is 5.20. The van der Waals surface area contributed by atoms with Gasteiger partial charge in [0.1, 0.15) is 0 Å². The number of amides is 2. The molecule has 1 unspecified atom stereocenters. The van der Waals surface area contributed by atoms with Crippen molar-refractivity contribution >= 4 is 6.03 Å². The van der Waals surface area contributed by atoms with Crippen LogP contribution >= 0.6 is 0 Å². The molecule has 2 fully saturated rings. The van der Waals surface area contributed by atoms with Gasteiger partial charge in [-0.15, -0.1) is 0 Å². The number of carbonyl (C=O) groups excluding carboxylic acids is 1. The number of hydrogen-bond donors (Lipinski definition) is 1. The summed E-state index contributed by atoms with van der Waals surface area (Å²) in [5.41, 5.74) is 0. The van der Waals surface area contributed by atoms with Crippen molar-refractivity contribution in [2.75, 3.05) is 32.7 Å². The summed E-state index contributed by atoms with van der Waals surface area (Å²) in [4.78, 5) is 16.3. The minimum atomic E-state index is 0.251. The lowest BCUT2D eigenvalue weighted by atomic mass is 9.99. The second-order valence-electron chi connectivity index (χ2n) is 5.20. The molecule has 0 radical (unpaired) electrons. The highest BCUT2D eigenvalue weighted by molar-refractivity contribution is 5.75. The first-order chi connectivity index (χ1) is 7.68. The van der Waals surface area contributed by atoms with Crippen molar-refractivity contribution in [3.05, 3.63) is 0 Å². The van der Waals surface area contributed by atoms with Gasteiger partial charge in [0.05, 0.1) is 0 Å². The number of piperidine rings is 1. The summed E-state index contributed by atoms with van der Waals surface area (Å²) in [6, 6.07) is 0.585. The molecule has 4 nitrogen and oxygen atoms in total. The molecule has 2 amide bonds. The van der Waals surface area contributed by atoms with Crippen molar-refractivity contribution in [3.8, 4) is 0 Å². The molecular formula is C12H23N3O. The third-order valence-electron chi connectivity index (χ3n) is 3.80. The fourth-order valence-corrected chi connectivity index (χ4v) is 2.51. The summed E-state index contributed by atoms with van der Waals surface area (Å²) < 4.78 is 0. The largest absolute Gasteiger partial charge is 0.325 e. The molecule has 16 heavy (non-hydrogen) atoms. The Hall–Kier alpha value is -0.770. The Balaban J connectivity index is 1.90. The Morgan fingerprint density at radius 1 is 1.19 bits per heavy atom. The number of hydrogen-bond acceptors (Lipinski definition) is 2. The third kappa shape index (κ3) is 2.48. The van der Waals surface area contributed by atoms with Crippen molar-refractivity contribution in [2.24, 2.45) is 5.92 Å². The Labute approximate surface area is 98.0 Å². The van der Waals surface area contributed by atoms with Crippen LogP contribution in [0.5, 0.6) is 0 Å². The summed E-state index contributed by atoms with van der Waals surface area (Å²) in [7, 11) is 0. The highest BCUT2D eigenvalue weighted by Gasteiger charge is 2.28. The zero-order valence-corrected chi connectivity index (χ0v) is 10.4. The minimum absolute atomic E-state index is 0.251. The van der Waals surface area contributed by atoms with Crippen LogP contribution in [0.15, 0.2) is 0 Å². The summed E-state index contributed by atoms with van der Waals surface area (Å²) >= 11 is 0. The fourth-order valence-electron chi connectivity index (χ4n) is 2.51. The van der Waals surface area contributed by atoms with E-state index in [2.05, 4.69) is 19.2 Å². The smallest absolute Gasteiger partial charge is 0.320 e. The van der Waals surface area contributed by atoms with Gasteiger partial charge in [-0.2, -0.15) is 0 Å². The van der Waals surface area contributed by atoms with E-state index in [1.165, 1.54) is 0 Å². The topological polar surface area (TPSA) is 35.6 Å². The molecule has 4 heteroatoms. The predicted molar refractivity (Wildman–Crippen MR) is 64.4 cm³/mol. The lowest BCUT2D eigenvalue weighted by Gasteiger charge is -2.39. The van der Waals surface area contributed by atoms with E-state index in [0.29, 0.717) is 6.04 Å². The Morgan fingerprint density at radius 2 is 1.88 bits per heavy atom. The predicted octanol–water partition coefficient (Wildman–Crippen LogP) is 1.13. The van der Waals surface area contributed by atoms with Crippen LogP contribution in [0.3, 0.4) is 0 Å². The van der Waals surface area contributed by atoms with Gasteiger partial charge in [0.15, 0.2) is 0 Å². The summed E-state index contributed by atoms with van der Waals surface area (Å²) in [6.07, 6.45) is 2.32. The number of nitrogens with one attached hydrogen (secondary N) is 1. The second kappa shape index (κ2) is 5.04. The van der Waals surface area contributed by atoms with E-state index in [1.807, 2.05) is 9.80 Å². The lowest BCUT2D eigenvalue weighted by molar-refractivity contribution is 0.112. The summed E-state index contributed by atoms with van der Waals surface area (Å²) in [5, 5.41) is 3.32. The molecular weight excluding hydrogens is 202 g/mol. The van der Waals surface area contributed by atoms with Gasteiger partial charge in [-0.05, 0) is 25.7 Å². The van der Waals surface area contributed by atoms with Gasteiger partial charge in [0.25, 0.3) is 0 Å². The molecule has 2 aliphatic rings. The Morgan fingerprint density at radius 3 is 2.50 bits per heavy atom. The quantitative estimate of drug-likeness (QED) is 0.671. The molecule has 0 spiro atoms. The first-order valence-corrected chi connectivity index (χ1v) is 6.44. The average Bonchev–Trinajstić information content (AvgIpc) is 2.30. The van der Waals surface area contributed by atoms with Crippen molar-refractivity contribution in [3.63, 3.8) is 0 Å². The summed E-state index contributed by atoms with van der Waals surface area (Å²) in [6.45, 7) is 8.99. The average molecular weight is 225 g/mol. The maximum atomic E-state index is 12.3. The highest BCUT2D eigenvalue weighted by atomic mass is 16.2. The number of carbonyl (C=O) groups is 1. The molecule has 2 rings (SSSR count). The molecule has 2 aliphatic heterocycles. The maximum Gasteiger partial charge on any atom is 0.320 e. The van der Waals surface area contributed by atoms with E-state index in [0.717, 1.165) is 51.5 Å². The molecule has 0 saturated carbocycles. The number of urea groups is 1. The monoisotopic (exact) mass is 225 g/mol. The lowest BCUT2D eigenvalue weighted by Crippen LogP contribution is -2.57. The van der Waals surface area contributed by atoms with Gasteiger partial charge in [-0.1, -0.05) is 6.92 Å². The van der Waals surface area contributed by atoms with E-state index >= 15 is 0 Å². The van der Waals surface area contributed by atoms with E-state index < -0.39 is 0 Å². The Bertz CT molecular complexity index is 249. The van der Waals surface area contributed by atoms with Crippen LogP contribution in [0.4, 0.5) is 4.79 Å². The van der Waals surface area contributed by atoms with Crippen LogP contribution in [0.2, 0.25) is 0 Å². The van der Waals surface area contributed by atoms with Crippen molar-refractivity contribution in [2.45, 2.75) is 32.7 Å². The highest BCUT2D eigenvalue weighted by Crippen LogP contribution is 2.18. The van der Waals surface area contributed by atoms with Crippen LogP contribution in [0.1, 0.15) is 26.7 Å². The normalized spacial score (nSPS) is 28.2. The van der Waals surface area contributed by atoms with Crippen LogP contribution in [-0.2, 0) is 0 Å². The van der Waals surface area contributed by atoms with Crippen LogP contribution in [-0.4, -0.2) is 54.6 Å². The maximum absolute atomic E-state index is 12.3. The number of piperazine rings is 1. The van der Waals surface area contributed by atoms with E-state index in [9.17, 15) is 4.79 Å². The van der Waals surface area contributed by atoms with Gasteiger partial charge in [0, 0.05) is 38.8 Å². The standard InChI is InChI=1S/C12H23N3O/c1-10-3-6-14(7-4-10)12(16)15-8-5-13-9-11(15)2/h10-11,13H,3-9H2,1-2H3. The number of rotatable bonds is 0. The van der Waals surface area contributed by atoms with Crippen LogP contribution < -0.4 is 5.32 Å². The van der Waals surface area contributed by atoms with Gasteiger partial charge >= 0.3 is 6.03 Å². The van der Waals surface area contributed by atoms with Gasteiger partial charge in [0.2, 0.25) is 0 Å². The molecule has 0 aromatic rings. The van der Waals surface area contributed by atoms with Gasteiger partial charge < -0.3 is 15.1 Å². The van der Waals surface area contributed by atoms with Crippen molar-refractivity contribution < 1.29 is 4.79 Å². The molecule has 92 valence electrons. The molecule has 0 aliphatic carbocycles. The molecule has 2 heterocycles. The van der Waals surface area contributed by atoms with E-state index in [1.54, 1.807) is 0 Å². The Kier molecular flexibility index (Phi) is 3.69. The molecule has 1 N–H and O–H groups in total. The zero-order valence-electron chi connectivity index (χ0n) is 10.4. The first kappa shape index (κ1) is 11.7. The molecule has 0 aromatic heterocycles. The molecule has 0 bridgehead atoms. The van der Waals surface area contributed by atoms with Crippen LogP contribution in [0, 0.1) is 5.92 Å². The van der Waals surface area contributed by atoms with E-state index in [4.69, 9.17) is 0 Å². The van der Waals surface area contributed by atoms with Gasteiger partial charge in [-0.25, -0.2) is 4.79 Å². The molecule has 1 atom stereocenters. The third-order valence-corrected chi connectivity index (χ3v) is 3.80.